The first-order valence-corrected chi connectivity index (χ1v) is 11.8. The predicted octanol–water partition coefficient (Wildman–Crippen LogP) is 6.10. The van der Waals surface area contributed by atoms with Crippen LogP contribution in [0.25, 0.3) is 0 Å². The van der Waals surface area contributed by atoms with Gasteiger partial charge < -0.3 is 18.9 Å². The number of allylic oxidation sites excluding steroid dienone is 1. The second-order valence-electron chi connectivity index (χ2n) is 8.90. The monoisotopic (exact) mass is 480 g/mol. The molecule has 1 N–H and O–H groups in total. The van der Waals surface area contributed by atoms with Gasteiger partial charge in [-0.05, 0) is 67.1 Å². The fourth-order valence-electron chi connectivity index (χ4n) is 5.13. The number of amides is 1. The Labute approximate surface area is 208 Å². The van der Waals surface area contributed by atoms with Crippen molar-refractivity contribution in [3.8, 4) is 5.75 Å². The van der Waals surface area contributed by atoms with E-state index in [2.05, 4.69) is 5.32 Å². The van der Waals surface area contributed by atoms with Crippen molar-refractivity contribution in [2.45, 2.75) is 24.8 Å². The van der Waals surface area contributed by atoms with Crippen LogP contribution < -0.4 is 15.0 Å². The number of para-hydroxylation sites is 2. The van der Waals surface area contributed by atoms with Crippen LogP contribution in [-0.2, 0) is 4.79 Å². The van der Waals surface area contributed by atoms with Crippen molar-refractivity contribution in [2.75, 3.05) is 17.3 Å². The Morgan fingerprint density at radius 2 is 1.64 bits per heavy atom. The molecule has 0 saturated carbocycles. The molecule has 2 aliphatic rings. The summed E-state index contributed by atoms with van der Waals surface area (Å²) in [4.78, 5) is 29.6. The van der Waals surface area contributed by atoms with Crippen molar-refractivity contribution in [1.29, 1.82) is 0 Å². The quantitative estimate of drug-likeness (QED) is 0.380. The van der Waals surface area contributed by atoms with Gasteiger partial charge in [0.15, 0.2) is 5.78 Å². The minimum Gasteiger partial charge on any atom is -0.497 e. The normalized spacial score (nSPS) is 19.2. The van der Waals surface area contributed by atoms with Crippen LogP contribution in [0.3, 0.4) is 0 Å². The fraction of sp³-hybridized carbons (Fsp3) is 0.172. The molecule has 1 aliphatic heterocycles. The molecule has 36 heavy (non-hydrogen) atoms. The lowest BCUT2D eigenvalue weighted by molar-refractivity contribution is -0.116. The molecule has 2 aromatic carbocycles. The molecule has 1 aliphatic carbocycles. The zero-order valence-electron chi connectivity index (χ0n) is 19.6. The number of hydrogen-bond acceptors (Lipinski definition) is 6. The number of methoxy groups -OCH3 is 1. The summed E-state index contributed by atoms with van der Waals surface area (Å²) in [5.74, 6) is 1.56. The Balaban J connectivity index is 1.53. The lowest BCUT2D eigenvalue weighted by atomic mass is 9.81. The minimum atomic E-state index is -0.731. The highest BCUT2D eigenvalue weighted by Crippen LogP contribution is 2.47. The number of hydrogen-bond donors (Lipinski definition) is 1. The third kappa shape index (κ3) is 3.69. The SMILES string of the molecule is COc1ccc(C(=O)N2c3ccccc3NC3=C(C(=O)C[C@H](c4ccco4)C3)[C@@H]2c2ccco2)cc1. The molecule has 4 aromatic rings. The summed E-state index contributed by atoms with van der Waals surface area (Å²) < 4.78 is 16.8. The van der Waals surface area contributed by atoms with Crippen molar-refractivity contribution in [1.82, 2.24) is 0 Å². The first kappa shape index (κ1) is 22.0. The van der Waals surface area contributed by atoms with Crippen molar-refractivity contribution in [3.63, 3.8) is 0 Å². The zero-order chi connectivity index (χ0) is 24.6. The van der Waals surface area contributed by atoms with E-state index in [-0.39, 0.29) is 24.0 Å². The number of nitrogens with one attached hydrogen (secondary N) is 1. The molecular formula is C29H24N2O5. The summed E-state index contributed by atoms with van der Waals surface area (Å²) >= 11 is 0. The molecule has 0 bridgehead atoms. The summed E-state index contributed by atoms with van der Waals surface area (Å²) in [5.41, 5.74) is 3.19. The number of ether oxygens (including phenoxy) is 1. The smallest absolute Gasteiger partial charge is 0.259 e. The number of nitrogens with zero attached hydrogens (tertiary/aromatic N) is 1. The molecular weight excluding hydrogens is 456 g/mol. The van der Waals surface area contributed by atoms with Crippen LogP contribution >= 0.6 is 0 Å². The number of anilines is 2. The fourth-order valence-corrected chi connectivity index (χ4v) is 5.13. The highest BCUT2D eigenvalue weighted by Gasteiger charge is 2.43. The van der Waals surface area contributed by atoms with E-state index in [1.54, 1.807) is 54.9 Å². The molecule has 7 heteroatoms. The maximum absolute atomic E-state index is 14.1. The molecule has 0 fully saturated rings. The average molecular weight is 481 g/mol. The molecule has 0 saturated heterocycles. The highest BCUT2D eigenvalue weighted by atomic mass is 16.5. The number of carbonyl (C=O) groups is 2. The third-order valence-electron chi connectivity index (χ3n) is 6.80. The van der Waals surface area contributed by atoms with E-state index < -0.39 is 6.04 Å². The lowest BCUT2D eigenvalue weighted by Gasteiger charge is -2.33. The standard InChI is InChI=1S/C29H24N2O5/c1-34-20-12-10-18(11-13-20)29(33)31-23-7-3-2-6-21(23)30-22-16-19(25-8-4-14-35-25)17-24(32)27(22)28(31)26-9-5-15-36-26/h2-15,19,28,30H,16-17H2,1H3/t19-,28+/m1/s1. The summed E-state index contributed by atoms with van der Waals surface area (Å²) in [7, 11) is 1.58. The first-order chi connectivity index (χ1) is 17.6. The number of benzene rings is 2. The summed E-state index contributed by atoms with van der Waals surface area (Å²) in [5, 5.41) is 3.49. The Bertz CT molecular complexity index is 1440. The van der Waals surface area contributed by atoms with Gasteiger partial charge >= 0.3 is 0 Å². The number of fused-ring (bicyclic) bond motifs is 1. The topological polar surface area (TPSA) is 84.9 Å². The largest absolute Gasteiger partial charge is 0.497 e. The number of rotatable bonds is 4. The second-order valence-corrected chi connectivity index (χ2v) is 8.90. The van der Waals surface area contributed by atoms with Gasteiger partial charge in [0, 0.05) is 29.2 Å². The predicted molar refractivity (Wildman–Crippen MR) is 134 cm³/mol. The first-order valence-electron chi connectivity index (χ1n) is 11.8. The molecule has 2 atom stereocenters. The van der Waals surface area contributed by atoms with Crippen molar-refractivity contribution in [2.24, 2.45) is 0 Å². The zero-order valence-corrected chi connectivity index (χ0v) is 19.6. The van der Waals surface area contributed by atoms with Gasteiger partial charge in [-0.1, -0.05) is 12.1 Å². The Morgan fingerprint density at radius 3 is 2.33 bits per heavy atom. The average Bonchev–Trinajstić information content (AvgIpc) is 3.61. The Morgan fingerprint density at radius 1 is 0.917 bits per heavy atom. The molecule has 1 amide bonds. The minimum absolute atomic E-state index is 0.0492. The molecule has 7 nitrogen and oxygen atoms in total. The van der Waals surface area contributed by atoms with E-state index in [0.29, 0.717) is 34.8 Å². The molecule has 2 aromatic heterocycles. The van der Waals surface area contributed by atoms with E-state index in [1.807, 2.05) is 42.5 Å². The third-order valence-corrected chi connectivity index (χ3v) is 6.80. The molecule has 0 spiro atoms. The van der Waals surface area contributed by atoms with Crippen molar-refractivity contribution in [3.05, 3.63) is 114 Å². The number of Topliss-reactive ketones (excluding diaryl/α,β-unsaturated/α-hetero) is 1. The lowest BCUT2D eigenvalue weighted by Crippen LogP contribution is -2.38. The van der Waals surface area contributed by atoms with E-state index in [4.69, 9.17) is 13.6 Å². The van der Waals surface area contributed by atoms with Crippen LogP contribution in [0.4, 0.5) is 11.4 Å². The van der Waals surface area contributed by atoms with Crippen molar-refractivity contribution >= 4 is 23.1 Å². The van der Waals surface area contributed by atoms with Gasteiger partial charge in [-0.25, -0.2) is 0 Å². The number of furan rings is 2. The van der Waals surface area contributed by atoms with Gasteiger partial charge in [-0.2, -0.15) is 0 Å². The second kappa shape index (κ2) is 8.92. The summed E-state index contributed by atoms with van der Waals surface area (Å²) in [6.45, 7) is 0. The summed E-state index contributed by atoms with van der Waals surface area (Å²) in [6, 6.07) is 21.1. The van der Waals surface area contributed by atoms with Gasteiger partial charge in [0.05, 0.1) is 31.0 Å². The van der Waals surface area contributed by atoms with E-state index in [0.717, 1.165) is 17.1 Å². The van der Waals surface area contributed by atoms with Gasteiger partial charge in [0.1, 0.15) is 23.3 Å². The van der Waals surface area contributed by atoms with Crippen LogP contribution in [0, 0.1) is 0 Å². The van der Waals surface area contributed by atoms with Crippen LogP contribution in [0.1, 0.15) is 46.7 Å². The van der Waals surface area contributed by atoms with Gasteiger partial charge in [-0.15, -0.1) is 0 Å². The molecule has 6 rings (SSSR count). The van der Waals surface area contributed by atoms with Gasteiger partial charge in [-0.3, -0.25) is 14.5 Å². The Kier molecular flexibility index (Phi) is 5.45. The summed E-state index contributed by atoms with van der Waals surface area (Å²) in [6.07, 6.45) is 4.05. The van der Waals surface area contributed by atoms with Crippen LogP contribution in [-0.4, -0.2) is 18.8 Å². The van der Waals surface area contributed by atoms with Crippen molar-refractivity contribution < 1.29 is 23.2 Å². The molecule has 0 radical (unpaired) electrons. The van der Waals surface area contributed by atoms with E-state index >= 15 is 0 Å². The maximum atomic E-state index is 14.1. The van der Waals surface area contributed by atoms with Crippen LogP contribution in [0.5, 0.6) is 5.75 Å². The molecule has 3 heterocycles. The highest BCUT2D eigenvalue weighted by molar-refractivity contribution is 6.12. The number of carbonyl (C=O) groups excluding carboxylic acids is 2. The maximum Gasteiger partial charge on any atom is 0.259 e. The Hall–Kier alpha value is -4.52. The van der Waals surface area contributed by atoms with Gasteiger partial charge in [0.25, 0.3) is 5.91 Å². The van der Waals surface area contributed by atoms with E-state index in [1.165, 1.54) is 0 Å². The van der Waals surface area contributed by atoms with Crippen LogP contribution in [0.15, 0.2) is 105 Å². The van der Waals surface area contributed by atoms with E-state index in [9.17, 15) is 9.59 Å². The molecule has 0 unspecified atom stereocenters. The molecule has 180 valence electrons. The number of ketones is 1. The van der Waals surface area contributed by atoms with Gasteiger partial charge in [0.2, 0.25) is 0 Å². The van der Waals surface area contributed by atoms with Crippen LogP contribution in [0.2, 0.25) is 0 Å².